The Kier molecular flexibility index (Phi) is 2.34. The summed E-state index contributed by atoms with van der Waals surface area (Å²) in [5, 5.41) is 0. The number of hydrogen-bond acceptors (Lipinski definition) is 3. The normalized spacial score (nSPS) is 31.4. The fourth-order valence-corrected chi connectivity index (χ4v) is 1.23. The average Bonchev–Trinajstić information content (AvgIpc) is 1.85. The van der Waals surface area contributed by atoms with Crippen LogP contribution in [0.3, 0.4) is 0 Å². The Labute approximate surface area is 65.7 Å². The van der Waals surface area contributed by atoms with E-state index in [1.807, 2.05) is 6.92 Å². The van der Waals surface area contributed by atoms with Gasteiger partial charge in [-0.15, -0.1) is 0 Å². The molecule has 0 aromatic heterocycles. The van der Waals surface area contributed by atoms with Crippen molar-refractivity contribution in [1.29, 1.82) is 0 Å². The molecule has 1 amide bonds. The molecule has 0 saturated carbocycles. The van der Waals surface area contributed by atoms with Crippen LogP contribution >= 0.6 is 0 Å². The van der Waals surface area contributed by atoms with E-state index in [-0.39, 0.29) is 0 Å². The molecule has 0 bridgehead atoms. The maximum absolute atomic E-state index is 10.4. The number of carbonyl (C=O) groups is 1. The van der Waals surface area contributed by atoms with Crippen LogP contribution in [-0.2, 0) is 9.47 Å². The summed E-state index contributed by atoms with van der Waals surface area (Å²) in [5.41, 5.74) is 4.40. The fraction of sp³-hybridized carbons (Fsp3) is 0.857. The Morgan fingerprint density at radius 2 is 2.45 bits per heavy atom. The lowest BCUT2D eigenvalue weighted by molar-refractivity contribution is -0.0772. The highest BCUT2D eigenvalue weighted by atomic mass is 16.6. The van der Waals surface area contributed by atoms with E-state index in [1.165, 1.54) is 0 Å². The van der Waals surface area contributed by atoms with Crippen molar-refractivity contribution in [1.82, 2.24) is 0 Å². The van der Waals surface area contributed by atoms with E-state index in [0.717, 1.165) is 19.4 Å². The number of carbonyl (C=O) groups excluding carboxylic acids is 1. The van der Waals surface area contributed by atoms with E-state index >= 15 is 0 Å². The molecule has 4 heteroatoms. The highest BCUT2D eigenvalue weighted by molar-refractivity contribution is 5.65. The van der Waals surface area contributed by atoms with Gasteiger partial charge < -0.3 is 15.2 Å². The summed E-state index contributed by atoms with van der Waals surface area (Å²) in [6.45, 7) is 3.03. The molecule has 1 rings (SSSR count). The van der Waals surface area contributed by atoms with Crippen LogP contribution in [-0.4, -0.2) is 24.9 Å². The van der Waals surface area contributed by atoms with Crippen LogP contribution < -0.4 is 5.73 Å². The number of ether oxygens (including phenoxy) is 2. The first-order chi connectivity index (χ1) is 5.12. The predicted octanol–water partition coefficient (Wildman–Crippen LogP) is 0.651. The Balaban J connectivity index is 2.43. The number of rotatable bonds is 1. The molecule has 1 atom stereocenters. The summed E-state index contributed by atoms with van der Waals surface area (Å²) in [7, 11) is 0. The molecule has 1 aliphatic rings. The number of hydrogen-bond donors (Lipinski definition) is 1. The molecule has 1 aliphatic heterocycles. The Bertz CT molecular complexity index is 152. The molecule has 1 fully saturated rings. The van der Waals surface area contributed by atoms with Gasteiger partial charge in [-0.2, -0.15) is 0 Å². The summed E-state index contributed by atoms with van der Waals surface area (Å²) in [6, 6.07) is 0. The minimum atomic E-state index is -0.724. The van der Waals surface area contributed by atoms with Gasteiger partial charge in [0.2, 0.25) is 0 Å². The van der Waals surface area contributed by atoms with Crippen LogP contribution in [0, 0.1) is 0 Å². The molecule has 64 valence electrons. The second-order valence-electron chi connectivity index (χ2n) is 3.03. The van der Waals surface area contributed by atoms with Gasteiger partial charge in [0.25, 0.3) is 0 Å². The molecule has 1 saturated heterocycles. The quantitative estimate of drug-likeness (QED) is 0.611. The van der Waals surface area contributed by atoms with E-state index < -0.39 is 11.7 Å². The lowest BCUT2D eigenvalue weighted by Crippen LogP contribution is -2.41. The van der Waals surface area contributed by atoms with Gasteiger partial charge in [0, 0.05) is 6.61 Å². The van der Waals surface area contributed by atoms with Crippen molar-refractivity contribution in [3.63, 3.8) is 0 Å². The molecule has 0 spiro atoms. The van der Waals surface area contributed by atoms with Crippen LogP contribution in [0.25, 0.3) is 0 Å². The van der Waals surface area contributed by atoms with E-state index in [4.69, 9.17) is 15.2 Å². The number of amides is 1. The highest BCUT2D eigenvalue weighted by Crippen LogP contribution is 2.22. The van der Waals surface area contributed by atoms with Crippen molar-refractivity contribution in [3.8, 4) is 0 Å². The Hall–Kier alpha value is -0.770. The van der Waals surface area contributed by atoms with Gasteiger partial charge in [-0.1, -0.05) is 0 Å². The molecule has 2 N–H and O–H groups in total. The molecule has 11 heavy (non-hydrogen) atoms. The minimum Gasteiger partial charge on any atom is -0.441 e. The largest absolute Gasteiger partial charge is 0.441 e. The minimum absolute atomic E-state index is 0.454. The molecular formula is C7H13NO3. The van der Waals surface area contributed by atoms with E-state index in [0.29, 0.717) is 6.61 Å². The van der Waals surface area contributed by atoms with Crippen LogP contribution in [0.1, 0.15) is 19.8 Å². The zero-order chi connectivity index (χ0) is 8.32. The molecule has 0 aliphatic carbocycles. The lowest BCUT2D eigenvalue weighted by atomic mass is 9.99. The summed E-state index contributed by atoms with van der Waals surface area (Å²) in [5.74, 6) is 0. The third-order valence-corrected chi connectivity index (χ3v) is 1.75. The van der Waals surface area contributed by atoms with Crippen LogP contribution in [0.5, 0.6) is 0 Å². The Morgan fingerprint density at radius 1 is 1.73 bits per heavy atom. The molecule has 4 nitrogen and oxygen atoms in total. The van der Waals surface area contributed by atoms with Crippen molar-refractivity contribution < 1.29 is 14.3 Å². The molecule has 0 aromatic rings. The first-order valence-electron chi connectivity index (χ1n) is 3.69. The van der Waals surface area contributed by atoms with Crippen LogP contribution in [0.4, 0.5) is 4.79 Å². The summed E-state index contributed by atoms with van der Waals surface area (Å²) >= 11 is 0. The SMILES string of the molecule is CC1(OC(N)=O)CCCOC1. The van der Waals surface area contributed by atoms with E-state index in [1.54, 1.807) is 0 Å². The first-order valence-corrected chi connectivity index (χ1v) is 3.69. The van der Waals surface area contributed by atoms with Gasteiger partial charge in [-0.3, -0.25) is 0 Å². The van der Waals surface area contributed by atoms with Gasteiger partial charge in [0.1, 0.15) is 5.60 Å². The van der Waals surface area contributed by atoms with Gasteiger partial charge >= 0.3 is 6.09 Å². The zero-order valence-electron chi connectivity index (χ0n) is 6.63. The summed E-state index contributed by atoms with van der Waals surface area (Å²) in [6.07, 6.45) is 1.03. The number of primary amides is 1. The van der Waals surface area contributed by atoms with Crippen molar-refractivity contribution >= 4 is 6.09 Å². The molecule has 0 radical (unpaired) electrons. The van der Waals surface area contributed by atoms with Crippen molar-refractivity contribution in [2.75, 3.05) is 13.2 Å². The smallest absolute Gasteiger partial charge is 0.405 e. The summed E-state index contributed by atoms with van der Waals surface area (Å²) in [4.78, 5) is 10.4. The van der Waals surface area contributed by atoms with Gasteiger partial charge in [-0.25, -0.2) is 4.79 Å². The van der Waals surface area contributed by atoms with Gasteiger partial charge in [0.15, 0.2) is 0 Å². The van der Waals surface area contributed by atoms with Crippen molar-refractivity contribution in [3.05, 3.63) is 0 Å². The fourth-order valence-electron chi connectivity index (χ4n) is 1.23. The molecule has 0 aromatic carbocycles. The maximum atomic E-state index is 10.4. The predicted molar refractivity (Wildman–Crippen MR) is 39.1 cm³/mol. The molecule has 1 unspecified atom stereocenters. The first kappa shape index (κ1) is 8.33. The Morgan fingerprint density at radius 3 is 2.91 bits per heavy atom. The van der Waals surface area contributed by atoms with Gasteiger partial charge in [-0.05, 0) is 19.8 Å². The number of nitrogens with two attached hydrogens (primary N) is 1. The van der Waals surface area contributed by atoms with Crippen molar-refractivity contribution in [2.45, 2.75) is 25.4 Å². The van der Waals surface area contributed by atoms with Gasteiger partial charge in [0.05, 0.1) is 6.61 Å². The van der Waals surface area contributed by atoms with E-state index in [2.05, 4.69) is 0 Å². The lowest BCUT2D eigenvalue weighted by Gasteiger charge is -2.31. The highest BCUT2D eigenvalue weighted by Gasteiger charge is 2.30. The van der Waals surface area contributed by atoms with Crippen LogP contribution in [0.15, 0.2) is 0 Å². The topological polar surface area (TPSA) is 61.5 Å². The maximum Gasteiger partial charge on any atom is 0.405 e. The summed E-state index contributed by atoms with van der Waals surface area (Å²) < 4.78 is 10.0. The third kappa shape index (κ3) is 2.38. The standard InChI is InChI=1S/C7H13NO3/c1-7(11-6(8)9)3-2-4-10-5-7/h2-5H2,1H3,(H2,8,9). The second-order valence-corrected chi connectivity index (χ2v) is 3.03. The monoisotopic (exact) mass is 159 g/mol. The molecular weight excluding hydrogens is 146 g/mol. The second kappa shape index (κ2) is 3.09. The molecule has 1 heterocycles. The van der Waals surface area contributed by atoms with Crippen molar-refractivity contribution in [2.24, 2.45) is 5.73 Å². The zero-order valence-corrected chi connectivity index (χ0v) is 6.63. The van der Waals surface area contributed by atoms with E-state index in [9.17, 15) is 4.79 Å². The van der Waals surface area contributed by atoms with Crippen LogP contribution in [0.2, 0.25) is 0 Å². The third-order valence-electron chi connectivity index (χ3n) is 1.75. The average molecular weight is 159 g/mol.